The quantitative estimate of drug-likeness (QED) is 0.466. The van der Waals surface area contributed by atoms with Crippen LogP contribution in [0.5, 0.6) is 0 Å². The first kappa shape index (κ1) is 10.9. The largest absolute Gasteiger partial charge is 0.370 e. The monoisotopic (exact) mass is 173 g/mol. The molecule has 0 bridgehead atoms. The summed E-state index contributed by atoms with van der Waals surface area (Å²) in [7, 11) is 0. The van der Waals surface area contributed by atoms with Gasteiger partial charge in [0.15, 0.2) is 0 Å². The maximum atomic E-state index is 10.7. The summed E-state index contributed by atoms with van der Waals surface area (Å²) in [5.41, 5.74) is 9.93. The summed E-state index contributed by atoms with van der Waals surface area (Å²) < 4.78 is 0. The standard InChI is InChI=1S/C7H15N3O2/c1-2-3-10-5(7(9)12)4-6(8)11/h5,10H,2-4H2,1H3,(H2,8,11)(H2,9,12)/t5-/m0/s1. The van der Waals surface area contributed by atoms with Gasteiger partial charge in [0.05, 0.1) is 12.5 Å². The number of nitrogens with two attached hydrogens (primary N) is 2. The van der Waals surface area contributed by atoms with Crippen LogP contribution in [0, 0.1) is 0 Å². The summed E-state index contributed by atoms with van der Waals surface area (Å²) in [5, 5.41) is 2.82. The number of nitrogens with one attached hydrogen (secondary N) is 1. The van der Waals surface area contributed by atoms with Crippen molar-refractivity contribution in [3.8, 4) is 0 Å². The fourth-order valence-corrected chi connectivity index (χ4v) is 0.793. The molecule has 0 radical (unpaired) electrons. The minimum atomic E-state index is -0.623. The zero-order chi connectivity index (χ0) is 9.56. The van der Waals surface area contributed by atoms with Crippen LogP contribution in [0.15, 0.2) is 0 Å². The van der Waals surface area contributed by atoms with Crippen molar-refractivity contribution >= 4 is 11.8 Å². The summed E-state index contributed by atoms with van der Waals surface area (Å²) >= 11 is 0. The summed E-state index contributed by atoms with van der Waals surface area (Å²) in [6, 6.07) is -0.623. The Labute approximate surface area is 71.5 Å². The van der Waals surface area contributed by atoms with Crippen molar-refractivity contribution in [2.24, 2.45) is 11.5 Å². The van der Waals surface area contributed by atoms with Crippen molar-refractivity contribution in [2.75, 3.05) is 6.54 Å². The highest BCUT2D eigenvalue weighted by Crippen LogP contribution is 1.89. The zero-order valence-corrected chi connectivity index (χ0v) is 7.17. The molecule has 0 spiro atoms. The van der Waals surface area contributed by atoms with Crippen molar-refractivity contribution < 1.29 is 9.59 Å². The smallest absolute Gasteiger partial charge is 0.235 e. The van der Waals surface area contributed by atoms with Crippen molar-refractivity contribution in [3.63, 3.8) is 0 Å². The molecule has 5 heteroatoms. The number of carbonyl (C=O) groups is 2. The van der Waals surface area contributed by atoms with E-state index in [1.54, 1.807) is 0 Å². The van der Waals surface area contributed by atoms with E-state index in [0.29, 0.717) is 6.54 Å². The highest BCUT2D eigenvalue weighted by atomic mass is 16.2. The second kappa shape index (κ2) is 5.54. The lowest BCUT2D eigenvalue weighted by Gasteiger charge is -2.12. The van der Waals surface area contributed by atoms with Crippen molar-refractivity contribution in [1.29, 1.82) is 0 Å². The summed E-state index contributed by atoms with van der Waals surface area (Å²) in [6.07, 6.45) is 0.845. The number of carbonyl (C=O) groups excluding carboxylic acids is 2. The Balaban J connectivity index is 3.87. The molecule has 0 heterocycles. The number of hydrogen-bond donors (Lipinski definition) is 3. The van der Waals surface area contributed by atoms with Crippen molar-refractivity contribution in [3.05, 3.63) is 0 Å². The van der Waals surface area contributed by atoms with Gasteiger partial charge in [0, 0.05) is 0 Å². The van der Waals surface area contributed by atoms with Gasteiger partial charge in [-0.25, -0.2) is 0 Å². The van der Waals surface area contributed by atoms with Crippen LogP contribution in [-0.4, -0.2) is 24.4 Å². The highest BCUT2D eigenvalue weighted by Gasteiger charge is 2.16. The van der Waals surface area contributed by atoms with Gasteiger partial charge >= 0.3 is 0 Å². The lowest BCUT2D eigenvalue weighted by molar-refractivity contribution is -0.125. The molecule has 5 nitrogen and oxygen atoms in total. The molecule has 0 rings (SSSR count). The predicted octanol–water partition coefficient (Wildman–Crippen LogP) is -1.28. The molecule has 0 aliphatic carbocycles. The predicted molar refractivity (Wildman–Crippen MR) is 45.1 cm³/mol. The first-order valence-corrected chi connectivity index (χ1v) is 3.89. The molecule has 0 aromatic heterocycles. The van der Waals surface area contributed by atoms with Crippen LogP contribution in [0.2, 0.25) is 0 Å². The first-order valence-electron chi connectivity index (χ1n) is 3.89. The Morgan fingerprint density at radius 2 is 2.00 bits per heavy atom. The molecule has 0 saturated carbocycles. The molecule has 0 unspecified atom stereocenters. The van der Waals surface area contributed by atoms with Gasteiger partial charge in [-0.2, -0.15) is 0 Å². The summed E-state index contributed by atoms with van der Waals surface area (Å²) in [4.78, 5) is 21.1. The molecular formula is C7H15N3O2. The maximum absolute atomic E-state index is 10.7. The van der Waals surface area contributed by atoms with Gasteiger partial charge in [-0.15, -0.1) is 0 Å². The molecular weight excluding hydrogens is 158 g/mol. The second-order valence-electron chi connectivity index (χ2n) is 2.58. The van der Waals surface area contributed by atoms with E-state index in [9.17, 15) is 9.59 Å². The van der Waals surface area contributed by atoms with E-state index in [0.717, 1.165) is 6.42 Å². The Kier molecular flexibility index (Phi) is 5.03. The lowest BCUT2D eigenvalue weighted by Crippen LogP contribution is -2.44. The molecule has 0 aromatic rings. The van der Waals surface area contributed by atoms with Gasteiger partial charge < -0.3 is 16.8 Å². The zero-order valence-electron chi connectivity index (χ0n) is 7.17. The maximum Gasteiger partial charge on any atom is 0.235 e. The van der Waals surface area contributed by atoms with Gasteiger partial charge in [-0.05, 0) is 13.0 Å². The van der Waals surface area contributed by atoms with Crippen LogP contribution in [0.3, 0.4) is 0 Å². The van der Waals surface area contributed by atoms with Gasteiger partial charge in [-0.3, -0.25) is 9.59 Å². The molecule has 0 aliphatic heterocycles. The van der Waals surface area contributed by atoms with Crippen LogP contribution in [0.1, 0.15) is 19.8 Å². The molecule has 5 N–H and O–H groups in total. The molecule has 0 aliphatic rings. The summed E-state index contributed by atoms with van der Waals surface area (Å²) in [5.74, 6) is -1.07. The van der Waals surface area contributed by atoms with Crippen molar-refractivity contribution in [1.82, 2.24) is 5.32 Å². The third-order valence-electron chi connectivity index (χ3n) is 1.39. The minimum Gasteiger partial charge on any atom is -0.370 e. The van der Waals surface area contributed by atoms with E-state index in [-0.39, 0.29) is 6.42 Å². The van der Waals surface area contributed by atoms with Gasteiger partial charge in [-0.1, -0.05) is 6.92 Å². The third-order valence-corrected chi connectivity index (χ3v) is 1.39. The van der Waals surface area contributed by atoms with Crippen LogP contribution in [-0.2, 0) is 9.59 Å². The number of primary amides is 2. The number of rotatable bonds is 6. The van der Waals surface area contributed by atoms with E-state index >= 15 is 0 Å². The Bertz CT molecular complexity index is 170. The minimum absolute atomic E-state index is 0.0324. The van der Waals surface area contributed by atoms with E-state index in [4.69, 9.17) is 11.5 Å². The van der Waals surface area contributed by atoms with Gasteiger partial charge in [0.1, 0.15) is 0 Å². The number of hydrogen-bond acceptors (Lipinski definition) is 3. The molecule has 0 aromatic carbocycles. The van der Waals surface area contributed by atoms with E-state index in [2.05, 4.69) is 5.32 Å². The Morgan fingerprint density at radius 3 is 2.33 bits per heavy atom. The normalized spacial score (nSPS) is 12.4. The van der Waals surface area contributed by atoms with Crippen LogP contribution >= 0.6 is 0 Å². The highest BCUT2D eigenvalue weighted by molar-refractivity contribution is 5.86. The topological polar surface area (TPSA) is 98.2 Å². The van der Waals surface area contributed by atoms with Gasteiger partial charge in [0.2, 0.25) is 11.8 Å². The van der Waals surface area contributed by atoms with Crippen LogP contribution in [0.4, 0.5) is 0 Å². The molecule has 2 amide bonds. The lowest BCUT2D eigenvalue weighted by atomic mass is 10.2. The fourth-order valence-electron chi connectivity index (χ4n) is 0.793. The van der Waals surface area contributed by atoms with Crippen molar-refractivity contribution in [2.45, 2.75) is 25.8 Å². The molecule has 1 atom stereocenters. The average Bonchev–Trinajstić information content (AvgIpc) is 1.96. The Morgan fingerprint density at radius 1 is 1.42 bits per heavy atom. The van der Waals surface area contributed by atoms with Gasteiger partial charge in [0.25, 0.3) is 0 Å². The molecule has 0 saturated heterocycles. The molecule has 12 heavy (non-hydrogen) atoms. The SMILES string of the molecule is CCCN[C@@H](CC(N)=O)C(N)=O. The Hall–Kier alpha value is -1.10. The second-order valence-corrected chi connectivity index (χ2v) is 2.58. The van der Waals surface area contributed by atoms with Crippen LogP contribution in [0.25, 0.3) is 0 Å². The molecule has 70 valence electrons. The summed E-state index contributed by atoms with van der Waals surface area (Å²) in [6.45, 7) is 2.61. The van der Waals surface area contributed by atoms with E-state index < -0.39 is 17.9 Å². The third kappa shape index (κ3) is 4.68. The average molecular weight is 173 g/mol. The first-order chi connectivity index (χ1) is 5.57. The molecule has 0 fully saturated rings. The number of amides is 2. The fraction of sp³-hybridized carbons (Fsp3) is 0.714. The van der Waals surface area contributed by atoms with E-state index in [1.165, 1.54) is 0 Å². The van der Waals surface area contributed by atoms with Crippen LogP contribution < -0.4 is 16.8 Å². The van der Waals surface area contributed by atoms with E-state index in [1.807, 2.05) is 6.92 Å².